The average Bonchev–Trinajstić information content (AvgIpc) is 2.91. The quantitative estimate of drug-likeness (QED) is 0.665. The highest BCUT2D eigenvalue weighted by Crippen LogP contribution is 2.41. The first kappa shape index (κ1) is 15.1. The van der Waals surface area contributed by atoms with E-state index in [9.17, 15) is 19.6 Å². The fourth-order valence-electron chi connectivity index (χ4n) is 2.96. The summed E-state index contributed by atoms with van der Waals surface area (Å²) in [5.74, 6) is -0.547. The third-order valence-electron chi connectivity index (χ3n) is 4.03. The maximum atomic E-state index is 14.0. The number of phenols is 1. The zero-order chi connectivity index (χ0) is 16.6. The second kappa shape index (κ2) is 5.75. The number of phenolic OH excluding ortho intramolecular Hbond substituents is 1. The molecule has 2 N–H and O–H groups in total. The molecule has 0 saturated heterocycles. The number of methoxy groups -OCH3 is 1. The highest BCUT2D eigenvalue weighted by molar-refractivity contribution is 5.66. The number of hydrogen-bond donors (Lipinski definition) is 2. The zero-order valence-electron chi connectivity index (χ0n) is 12.4. The Balaban J connectivity index is 2.00. The van der Waals surface area contributed by atoms with E-state index in [-0.39, 0.29) is 23.2 Å². The van der Waals surface area contributed by atoms with Gasteiger partial charge in [-0.05, 0) is 30.0 Å². The summed E-state index contributed by atoms with van der Waals surface area (Å²) < 4.78 is 19.0. The Labute approximate surface area is 131 Å². The Morgan fingerprint density at radius 2 is 2.22 bits per heavy atom. The van der Waals surface area contributed by atoms with Crippen molar-refractivity contribution in [3.63, 3.8) is 0 Å². The Bertz CT molecular complexity index is 779. The number of anilines is 1. The third-order valence-corrected chi connectivity index (χ3v) is 4.03. The topological polar surface area (TPSA) is 84.6 Å². The van der Waals surface area contributed by atoms with Gasteiger partial charge in [-0.25, -0.2) is 0 Å². The van der Waals surface area contributed by atoms with E-state index in [1.54, 1.807) is 12.1 Å². The Hall–Kier alpha value is -2.83. The molecular weight excluding hydrogens is 303 g/mol. The van der Waals surface area contributed by atoms with E-state index in [2.05, 4.69) is 5.32 Å². The fraction of sp³-hybridized carbons (Fsp3) is 0.250. The first-order chi connectivity index (χ1) is 11.0. The minimum atomic E-state index is -0.953. The van der Waals surface area contributed by atoms with Crippen LogP contribution in [0.4, 0.5) is 15.8 Å². The standard InChI is InChI=1S/C16H15FN2O4/c1-23-9-7-12(17)16(19(21)22)14(8-9)18-13-6-5-11-10(13)3-2-4-15(11)20/h2-4,7-8,13,18,20H,5-6H2,1H3. The van der Waals surface area contributed by atoms with E-state index in [0.717, 1.165) is 17.2 Å². The number of nitro benzene ring substituents is 1. The molecule has 0 saturated carbocycles. The second-order valence-corrected chi connectivity index (χ2v) is 5.34. The lowest BCUT2D eigenvalue weighted by Gasteiger charge is -2.16. The van der Waals surface area contributed by atoms with Crippen LogP contribution in [0, 0.1) is 15.9 Å². The summed E-state index contributed by atoms with van der Waals surface area (Å²) in [5, 5.41) is 24.0. The van der Waals surface area contributed by atoms with E-state index in [1.165, 1.54) is 13.2 Å². The molecule has 120 valence electrons. The highest BCUT2D eigenvalue weighted by Gasteiger charge is 2.29. The van der Waals surface area contributed by atoms with Crippen molar-refractivity contribution in [2.75, 3.05) is 12.4 Å². The number of nitrogens with one attached hydrogen (secondary N) is 1. The molecule has 2 aromatic carbocycles. The number of ether oxygens (including phenoxy) is 1. The number of hydrogen-bond acceptors (Lipinski definition) is 5. The van der Waals surface area contributed by atoms with Gasteiger partial charge < -0.3 is 15.2 Å². The lowest BCUT2D eigenvalue weighted by atomic mass is 10.1. The Kier molecular flexibility index (Phi) is 3.77. The minimum absolute atomic E-state index is 0.0630. The van der Waals surface area contributed by atoms with Gasteiger partial charge in [-0.15, -0.1) is 0 Å². The number of halogens is 1. The zero-order valence-corrected chi connectivity index (χ0v) is 12.4. The summed E-state index contributed by atoms with van der Waals surface area (Å²) in [4.78, 5) is 10.4. The molecule has 1 aliphatic rings. The highest BCUT2D eigenvalue weighted by atomic mass is 19.1. The van der Waals surface area contributed by atoms with Crippen molar-refractivity contribution < 1.29 is 19.2 Å². The van der Waals surface area contributed by atoms with E-state index in [0.29, 0.717) is 12.8 Å². The van der Waals surface area contributed by atoms with Crippen molar-refractivity contribution in [2.24, 2.45) is 0 Å². The summed E-state index contributed by atoms with van der Waals surface area (Å²) in [5.41, 5.74) is 1.13. The molecule has 23 heavy (non-hydrogen) atoms. The summed E-state index contributed by atoms with van der Waals surface area (Å²) in [6.07, 6.45) is 1.31. The lowest BCUT2D eigenvalue weighted by Crippen LogP contribution is -2.10. The maximum Gasteiger partial charge on any atom is 0.327 e. The molecular formula is C16H15FN2O4. The van der Waals surface area contributed by atoms with Crippen molar-refractivity contribution in [2.45, 2.75) is 18.9 Å². The van der Waals surface area contributed by atoms with Gasteiger partial charge in [-0.3, -0.25) is 10.1 Å². The number of nitrogens with zero attached hydrogens (tertiary/aromatic N) is 1. The van der Waals surface area contributed by atoms with Crippen LogP contribution in [0.3, 0.4) is 0 Å². The monoisotopic (exact) mass is 318 g/mol. The van der Waals surface area contributed by atoms with Gasteiger partial charge in [0.15, 0.2) is 0 Å². The third kappa shape index (κ3) is 2.65. The van der Waals surface area contributed by atoms with E-state index in [1.807, 2.05) is 6.07 Å². The van der Waals surface area contributed by atoms with Crippen molar-refractivity contribution in [3.8, 4) is 11.5 Å². The normalized spacial score (nSPS) is 16.0. The first-order valence-electron chi connectivity index (χ1n) is 7.10. The van der Waals surface area contributed by atoms with Crippen LogP contribution in [0.1, 0.15) is 23.6 Å². The molecule has 0 radical (unpaired) electrons. The van der Waals surface area contributed by atoms with E-state index in [4.69, 9.17) is 4.74 Å². The first-order valence-corrected chi connectivity index (χ1v) is 7.10. The molecule has 0 amide bonds. The van der Waals surface area contributed by atoms with Crippen LogP contribution in [0.2, 0.25) is 0 Å². The molecule has 0 fully saturated rings. The summed E-state index contributed by atoms with van der Waals surface area (Å²) in [6, 6.07) is 7.33. The van der Waals surface area contributed by atoms with Gasteiger partial charge in [0.2, 0.25) is 5.82 Å². The SMILES string of the molecule is COc1cc(F)c([N+](=O)[O-])c(NC2CCc3c(O)cccc32)c1. The van der Waals surface area contributed by atoms with Crippen molar-refractivity contribution in [3.05, 3.63) is 57.4 Å². The van der Waals surface area contributed by atoms with Gasteiger partial charge in [-0.1, -0.05) is 12.1 Å². The van der Waals surface area contributed by atoms with Gasteiger partial charge in [0, 0.05) is 12.1 Å². The predicted molar refractivity (Wildman–Crippen MR) is 82.4 cm³/mol. The van der Waals surface area contributed by atoms with Gasteiger partial charge in [0.25, 0.3) is 0 Å². The number of aromatic hydroxyl groups is 1. The van der Waals surface area contributed by atoms with E-state index < -0.39 is 16.4 Å². The molecule has 1 aliphatic carbocycles. The summed E-state index contributed by atoms with van der Waals surface area (Å²) >= 11 is 0. The Morgan fingerprint density at radius 1 is 1.43 bits per heavy atom. The fourth-order valence-corrected chi connectivity index (χ4v) is 2.96. The maximum absolute atomic E-state index is 14.0. The van der Waals surface area contributed by atoms with Gasteiger partial charge in [0.05, 0.1) is 18.1 Å². The number of rotatable bonds is 4. The molecule has 0 aliphatic heterocycles. The van der Waals surface area contributed by atoms with Crippen LogP contribution >= 0.6 is 0 Å². The van der Waals surface area contributed by atoms with Gasteiger partial charge >= 0.3 is 5.69 Å². The van der Waals surface area contributed by atoms with Crippen LogP contribution in [-0.2, 0) is 6.42 Å². The average molecular weight is 318 g/mol. The van der Waals surface area contributed by atoms with Crippen LogP contribution in [0.25, 0.3) is 0 Å². The molecule has 2 aromatic rings. The molecule has 7 heteroatoms. The summed E-state index contributed by atoms with van der Waals surface area (Å²) in [6.45, 7) is 0. The van der Waals surface area contributed by atoms with Gasteiger partial charge in [-0.2, -0.15) is 4.39 Å². The van der Waals surface area contributed by atoms with E-state index >= 15 is 0 Å². The molecule has 3 rings (SSSR count). The Morgan fingerprint density at radius 3 is 2.91 bits per heavy atom. The minimum Gasteiger partial charge on any atom is -0.508 e. The molecule has 0 aromatic heterocycles. The van der Waals surface area contributed by atoms with Crippen LogP contribution < -0.4 is 10.1 Å². The number of fused-ring (bicyclic) bond motifs is 1. The number of nitro groups is 1. The number of benzene rings is 2. The largest absolute Gasteiger partial charge is 0.508 e. The van der Waals surface area contributed by atoms with Crippen molar-refractivity contribution >= 4 is 11.4 Å². The van der Waals surface area contributed by atoms with Crippen molar-refractivity contribution in [1.82, 2.24) is 0 Å². The molecule has 0 bridgehead atoms. The van der Waals surface area contributed by atoms with Crippen LogP contribution in [-0.4, -0.2) is 17.1 Å². The lowest BCUT2D eigenvalue weighted by molar-refractivity contribution is -0.386. The van der Waals surface area contributed by atoms with Crippen molar-refractivity contribution in [1.29, 1.82) is 0 Å². The predicted octanol–water partition coefficient (Wildman–Crippen LogP) is 3.55. The molecule has 1 atom stereocenters. The second-order valence-electron chi connectivity index (χ2n) is 5.34. The summed E-state index contributed by atoms with van der Waals surface area (Å²) in [7, 11) is 1.37. The molecule has 1 unspecified atom stereocenters. The molecule has 6 nitrogen and oxygen atoms in total. The molecule has 0 heterocycles. The van der Waals surface area contributed by atoms with Crippen LogP contribution in [0.5, 0.6) is 11.5 Å². The van der Waals surface area contributed by atoms with Gasteiger partial charge in [0.1, 0.15) is 17.2 Å². The molecule has 0 spiro atoms. The smallest absolute Gasteiger partial charge is 0.327 e. The van der Waals surface area contributed by atoms with Crippen LogP contribution in [0.15, 0.2) is 30.3 Å².